The van der Waals surface area contributed by atoms with Gasteiger partial charge in [0.25, 0.3) is 0 Å². The Morgan fingerprint density at radius 1 is 1.00 bits per heavy atom. The third kappa shape index (κ3) is 4.80. The number of benzene rings is 1. The largest absolute Gasteiger partial charge is 0.433 e. The number of nitrogens with one attached hydrogen (secondary N) is 1. The number of nitrogens with zero attached hydrogens (tertiary/aromatic N) is 3. The lowest BCUT2D eigenvalue weighted by Gasteiger charge is -2.38. The Bertz CT molecular complexity index is 1200. The predicted molar refractivity (Wildman–Crippen MR) is 117 cm³/mol. The van der Waals surface area contributed by atoms with E-state index < -0.39 is 35.7 Å². The summed E-state index contributed by atoms with van der Waals surface area (Å²) < 4.78 is 86.3. The SMILES string of the molecule is FC(F)(F)c1cc(C(F)(F)F)nc(N2CCc3c([nH]c4ccc(Cl)cc34)[C@@H]2CC2CCOCC2)n1. The normalized spacial score (nSPS) is 19.9. The van der Waals surface area contributed by atoms with Crippen LogP contribution in [0.1, 0.15) is 47.9 Å². The summed E-state index contributed by atoms with van der Waals surface area (Å²) in [5, 5.41) is 1.43. The summed E-state index contributed by atoms with van der Waals surface area (Å²) >= 11 is 6.18. The van der Waals surface area contributed by atoms with Crippen LogP contribution in [0.15, 0.2) is 24.3 Å². The van der Waals surface area contributed by atoms with Crippen LogP contribution in [0.5, 0.6) is 0 Å². The van der Waals surface area contributed by atoms with E-state index in [0.29, 0.717) is 31.1 Å². The van der Waals surface area contributed by atoms with Crippen LogP contribution in [0.3, 0.4) is 0 Å². The van der Waals surface area contributed by atoms with Gasteiger partial charge in [-0.05, 0) is 61.4 Å². The minimum atomic E-state index is -5.05. The molecule has 12 heteroatoms. The second-order valence-corrected chi connectivity index (χ2v) is 9.33. The van der Waals surface area contributed by atoms with Gasteiger partial charge in [-0.2, -0.15) is 26.3 Å². The van der Waals surface area contributed by atoms with Crippen LogP contribution in [0.25, 0.3) is 10.9 Å². The molecule has 0 radical (unpaired) electrons. The molecular weight excluding hydrogens is 498 g/mol. The van der Waals surface area contributed by atoms with E-state index in [1.807, 2.05) is 12.1 Å². The Hall–Kier alpha value is -2.53. The second-order valence-electron chi connectivity index (χ2n) is 8.89. The number of aromatic nitrogens is 3. The number of fused-ring (bicyclic) bond motifs is 3. The minimum absolute atomic E-state index is 0.0444. The van der Waals surface area contributed by atoms with E-state index >= 15 is 0 Å². The summed E-state index contributed by atoms with van der Waals surface area (Å²) in [5.41, 5.74) is -0.727. The smallest absolute Gasteiger partial charge is 0.381 e. The van der Waals surface area contributed by atoms with Gasteiger partial charge in [0.15, 0.2) is 11.4 Å². The molecule has 2 aliphatic rings. The molecule has 0 bridgehead atoms. The van der Waals surface area contributed by atoms with E-state index in [1.54, 1.807) is 6.07 Å². The molecule has 1 fully saturated rings. The van der Waals surface area contributed by atoms with Crippen molar-refractivity contribution in [1.82, 2.24) is 15.0 Å². The third-order valence-electron chi connectivity index (χ3n) is 6.66. The maximum atomic E-state index is 13.5. The molecule has 0 spiro atoms. The van der Waals surface area contributed by atoms with Crippen LogP contribution in [0.2, 0.25) is 5.02 Å². The summed E-state index contributed by atoms with van der Waals surface area (Å²) in [7, 11) is 0. The first-order valence-corrected chi connectivity index (χ1v) is 11.6. The first-order chi connectivity index (χ1) is 16.5. The number of rotatable bonds is 3. The van der Waals surface area contributed by atoms with Gasteiger partial charge in [-0.15, -0.1) is 0 Å². The molecule has 0 unspecified atom stereocenters. The quantitative estimate of drug-likeness (QED) is 0.398. The van der Waals surface area contributed by atoms with E-state index in [4.69, 9.17) is 16.3 Å². The lowest BCUT2D eigenvalue weighted by molar-refractivity contribution is -0.147. The molecule has 5 rings (SSSR count). The van der Waals surface area contributed by atoms with Gasteiger partial charge in [-0.25, -0.2) is 9.97 Å². The van der Waals surface area contributed by atoms with Crippen molar-refractivity contribution in [3.63, 3.8) is 0 Å². The molecule has 5 nitrogen and oxygen atoms in total. The van der Waals surface area contributed by atoms with E-state index in [0.717, 1.165) is 35.0 Å². The van der Waals surface area contributed by atoms with E-state index in [1.165, 1.54) is 4.90 Å². The number of H-pyrrole nitrogens is 1. The van der Waals surface area contributed by atoms with Gasteiger partial charge in [0.2, 0.25) is 5.95 Å². The average molecular weight is 519 g/mol. The highest BCUT2D eigenvalue weighted by atomic mass is 35.5. The van der Waals surface area contributed by atoms with Crippen molar-refractivity contribution >= 4 is 28.5 Å². The second kappa shape index (κ2) is 8.85. The summed E-state index contributed by atoms with van der Waals surface area (Å²) in [6.07, 6.45) is -7.69. The summed E-state index contributed by atoms with van der Waals surface area (Å²) in [6, 6.07) is 4.78. The Morgan fingerprint density at radius 3 is 2.29 bits per heavy atom. The van der Waals surface area contributed by atoms with Gasteiger partial charge in [-0.1, -0.05) is 11.6 Å². The van der Waals surface area contributed by atoms with E-state index in [-0.39, 0.29) is 18.5 Å². The van der Waals surface area contributed by atoms with Crippen LogP contribution in [-0.4, -0.2) is 34.7 Å². The zero-order chi connectivity index (χ0) is 25.0. The van der Waals surface area contributed by atoms with Crippen LogP contribution >= 0.6 is 11.6 Å². The summed E-state index contributed by atoms with van der Waals surface area (Å²) in [6.45, 7) is 1.29. The average Bonchev–Trinajstić information content (AvgIpc) is 3.17. The lowest BCUT2D eigenvalue weighted by Crippen LogP contribution is -2.39. The molecule has 0 aliphatic carbocycles. The van der Waals surface area contributed by atoms with Crippen molar-refractivity contribution in [2.75, 3.05) is 24.7 Å². The molecule has 1 saturated heterocycles. The Balaban J connectivity index is 1.63. The first kappa shape index (κ1) is 24.2. The highest BCUT2D eigenvalue weighted by Gasteiger charge is 2.42. The van der Waals surface area contributed by atoms with Gasteiger partial charge >= 0.3 is 12.4 Å². The molecule has 1 aromatic carbocycles. The first-order valence-electron chi connectivity index (χ1n) is 11.2. The molecule has 2 aromatic heterocycles. The standard InChI is InChI=1S/C23H21ClF6N4O/c24-13-1-2-16-15(10-13)14-3-6-34(17(20(14)31-16)9-12-4-7-35-8-5-12)21-32-18(22(25,26)27)11-19(33-21)23(28,29)30/h1-2,10-12,17,31H,3-9H2/t17-/m0/s1. The fourth-order valence-corrected chi connectivity index (χ4v) is 5.15. The number of ether oxygens (including phenoxy) is 1. The van der Waals surface area contributed by atoms with Crippen LogP contribution in [0, 0.1) is 5.92 Å². The molecule has 1 atom stereocenters. The van der Waals surface area contributed by atoms with Crippen LogP contribution in [0.4, 0.5) is 32.3 Å². The number of halogens is 7. The summed E-state index contributed by atoms with van der Waals surface area (Å²) in [4.78, 5) is 11.9. The van der Waals surface area contributed by atoms with Crippen molar-refractivity contribution < 1.29 is 31.1 Å². The van der Waals surface area contributed by atoms with Gasteiger partial charge in [0, 0.05) is 41.4 Å². The molecule has 2 aliphatic heterocycles. The number of alkyl halides is 6. The molecule has 3 aromatic rings. The minimum Gasteiger partial charge on any atom is -0.381 e. The number of anilines is 1. The molecular formula is C23H21ClF6N4O. The Labute approximate surface area is 201 Å². The number of hydrogen-bond acceptors (Lipinski definition) is 4. The van der Waals surface area contributed by atoms with Gasteiger partial charge in [0.05, 0.1) is 6.04 Å². The predicted octanol–water partition coefficient (Wildman–Crippen LogP) is 6.57. The lowest BCUT2D eigenvalue weighted by atomic mass is 9.87. The monoisotopic (exact) mass is 518 g/mol. The maximum absolute atomic E-state index is 13.5. The van der Waals surface area contributed by atoms with Crippen LogP contribution < -0.4 is 4.90 Å². The molecule has 0 saturated carbocycles. The van der Waals surface area contributed by atoms with E-state index in [2.05, 4.69) is 15.0 Å². The fourth-order valence-electron chi connectivity index (χ4n) is 4.97. The van der Waals surface area contributed by atoms with Gasteiger partial charge in [0.1, 0.15) is 0 Å². The Kier molecular flexibility index (Phi) is 6.11. The molecule has 1 N–H and O–H groups in total. The van der Waals surface area contributed by atoms with Crippen molar-refractivity contribution in [1.29, 1.82) is 0 Å². The van der Waals surface area contributed by atoms with Crippen LogP contribution in [-0.2, 0) is 23.5 Å². The molecule has 0 amide bonds. The van der Waals surface area contributed by atoms with Crippen molar-refractivity contribution in [2.24, 2.45) is 5.92 Å². The highest BCUT2D eigenvalue weighted by Crippen LogP contribution is 2.43. The molecule has 4 heterocycles. The Morgan fingerprint density at radius 2 is 1.66 bits per heavy atom. The zero-order valence-electron chi connectivity index (χ0n) is 18.3. The molecule has 35 heavy (non-hydrogen) atoms. The molecule has 188 valence electrons. The van der Waals surface area contributed by atoms with E-state index in [9.17, 15) is 26.3 Å². The maximum Gasteiger partial charge on any atom is 0.433 e. The summed E-state index contributed by atoms with van der Waals surface area (Å²) in [5.74, 6) is -0.392. The number of aromatic amines is 1. The highest BCUT2D eigenvalue weighted by molar-refractivity contribution is 6.31. The van der Waals surface area contributed by atoms with Crippen molar-refractivity contribution in [3.8, 4) is 0 Å². The fraction of sp³-hybridized carbons (Fsp3) is 0.478. The third-order valence-corrected chi connectivity index (χ3v) is 6.90. The van der Waals surface area contributed by atoms with Gasteiger partial charge < -0.3 is 14.6 Å². The van der Waals surface area contributed by atoms with Crippen molar-refractivity contribution in [2.45, 2.75) is 44.1 Å². The van der Waals surface area contributed by atoms with Gasteiger partial charge in [-0.3, -0.25) is 0 Å². The topological polar surface area (TPSA) is 54.0 Å². The van der Waals surface area contributed by atoms with Crippen molar-refractivity contribution in [3.05, 3.63) is 51.9 Å². The number of hydrogen-bond donors (Lipinski definition) is 1. The zero-order valence-corrected chi connectivity index (χ0v) is 19.1.